The summed E-state index contributed by atoms with van der Waals surface area (Å²) in [5.41, 5.74) is 1.19. The lowest BCUT2D eigenvalue weighted by Gasteiger charge is -2.13. The maximum absolute atomic E-state index is 11.8. The molecule has 3 rings (SSSR count). The van der Waals surface area contributed by atoms with Crippen molar-refractivity contribution in [3.63, 3.8) is 0 Å². The van der Waals surface area contributed by atoms with Crippen LogP contribution in [0.3, 0.4) is 0 Å². The molecule has 0 saturated carbocycles. The summed E-state index contributed by atoms with van der Waals surface area (Å²) >= 11 is 7.28. The minimum Gasteiger partial charge on any atom is -0.488 e. The first-order valence-electron chi connectivity index (χ1n) is 6.75. The van der Waals surface area contributed by atoms with Crippen LogP contribution < -0.4 is 4.74 Å². The molecule has 0 radical (unpaired) electrons. The van der Waals surface area contributed by atoms with Gasteiger partial charge in [0.1, 0.15) is 21.2 Å². The number of carbonyl (C=O) groups excluding carboxylic acids is 1. The fourth-order valence-electron chi connectivity index (χ4n) is 2.21. The lowest BCUT2D eigenvalue weighted by Crippen LogP contribution is -2.16. The van der Waals surface area contributed by atoms with Crippen molar-refractivity contribution in [1.29, 1.82) is 0 Å². The number of benzene rings is 1. The number of esters is 1. The van der Waals surface area contributed by atoms with Crippen LogP contribution >= 0.6 is 22.9 Å². The molecular weight excluding hydrogens is 326 g/mol. The van der Waals surface area contributed by atoms with Gasteiger partial charge in [-0.25, -0.2) is 9.78 Å². The van der Waals surface area contributed by atoms with Crippen molar-refractivity contribution in [2.45, 2.75) is 12.5 Å². The van der Waals surface area contributed by atoms with Crippen LogP contribution in [-0.2, 0) is 9.47 Å². The van der Waals surface area contributed by atoms with Crippen molar-refractivity contribution < 1.29 is 19.0 Å². The van der Waals surface area contributed by atoms with E-state index in [9.17, 15) is 4.79 Å². The first kappa shape index (κ1) is 15.3. The van der Waals surface area contributed by atoms with E-state index in [0.29, 0.717) is 28.9 Å². The maximum Gasteiger partial charge on any atom is 0.338 e. The summed E-state index contributed by atoms with van der Waals surface area (Å²) in [6.07, 6.45) is 2.42. The number of thiazole rings is 1. The predicted octanol–water partition coefficient (Wildman–Crippen LogP) is 3.42. The minimum absolute atomic E-state index is 0.000583. The van der Waals surface area contributed by atoms with E-state index in [1.165, 1.54) is 18.4 Å². The van der Waals surface area contributed by atoms with Gasteiger partial charge in [0.05, 0.1) is 32.1 Å². The number of carbonyl (C=O) groups is 1. The number of aromatic nitrogens is 1. The van der Waals surface area contributed by atoms with Crippen molar-refractivity contribution in [3.8, 4) is 16.3 Å². The Morgan fingerprint density at radius 2 is 2.32 bits per heavy atom. The number of hydrogen-bond donors (Lipinski definition) is 0. The van der Waals surface area contributed by atoms with Crippen LogP contribution in [0.2, 0.25) is 4.34 Å². The van der Waals surface area contributed by atoms with Crippen LogP contribution in [0.5, 0.6) is 5.75 Å². The van der Waals surface area contributed by atoms with E-state index in [2.05, 4.69) is 4.98 Å². The average molecular weight is 340 g/mol. The first-order chi connectivity index (χ1) is 10.7. The summed E-state index contributed by atoms with van der Waals surface area (Å²) in [6.45, 7) is 1.25. The third-order valence-corrected chi connectivity index (χ3v) is 4.41. The van der Waals surface area contributed by atoms with Crippen LogP contribution in [0, 0.1) is 0 Å². The van der Waals surface area contributed by atoms with E-state index in [0.717, 1.165) is 17.0 Å². The predicted molar refractivity (Wildman–Crippen MR) is 83.8 cm³/mol. The van der Waals surface area contributed by atoms with Gasteiger partial charge in [0, 0.05) is 12.0 Å². The summed E-state index contributed by atoms with van der Waals surface area (Å²) in [5.74, 6) is 0.178. The van der Waals surface area contributed by atoms with Crippen molar-refractivity contribution in [2.75, 3.05) is 20.3 Å². The number of hydrogen-bond acceptors (Lipinski definition) is 6. The lowest BCUT2D eigenvalue weighted by atomic mass is 10.1. The Kier molecular flexibility index (Phi) is 4.61. The van der Waals surface area contributed by atoms with Gasteiger partial charge in [0.25, 0.3) is 0 Å². The molecule has 22 heavy (non-hydrogen) atoms. The van der Waals surface area contributed by atoms with Crippen molar-refractivity contribution in [3.05, 3.63) is 34.3 Å². The van der Waals surface area contributed by atoms with Crippen molar-refractivity contribution in [2.24, 2.45) is 0 Å². The Hall–Kier alpha value is -1.63. The van der Waals surface area contributed by atoms with E-state index < -0.39 is 5.97 Å². The molecule has 0 bridgehead atoms. The smallest absolute Gasteiger partial charge is 0.338 e. The van der Waals surface area contributed by atoms with Gasteiger partial charge < -0.3 is 14.2 Å². The second-order valence-corrected chi connectivity index (χ2v) is 6.47. The third-order valence-electron chi connectivity index (χ3n) is 3.24. The second-order valence-electron chi connectivity index (χ2n) is 4.81. The number of halogens is 1. The fraction of sp³-hybridized carbons (Fsp3) is 0.333. The largest absolute Gasteiger partial charge is 0.488 e. The Bertz CT molecular complexity index is 682. The Labute approximate surface area is 136 Å². The molecule has 0 N–H and O–H groups in total. The number of methoxy groups -OCH3 is 1. The maximum atomic E-state index is 11.8. The Morgan fingerprint density at radius 1 is 1.45 bits per heavy atom. The molecule has 1 fully saturated rings. The molecule has 1 aliphatic rings. The van der Waals surface area contributed by atoms with Crippen LogP contribution in [0.1, 0.15) is 16.8 Å². The summed E-state index contributed by atoms with van der Waals surface area (Å²) in [7, 11) is 1.35. The van der Waals surface area contributed by atoms with Gasteiger partial charge in [-0.3, -0.25) is 0 Å². The van der Waals surface area contributed by atoms with Crippen LogP contribution in [0.15, 0.2) is 24.4 Å². The third kappa shape index (κ3) is 3.40. The zero-order chi connectivity index (χ0) is 15.5. The highest BCUT2D eigenvalue weighted by atomic mass is 35.5. The molecule has 2 heterocycles. The lowest BCUT2D eigenvalue weighted by molar-refractivity contribution is 0.0600. The van der Waals surface area contributed by atoms with Gasteiger partial charge in [0.2, 0.25) is 0 Å². The quantitative estimate of drug-likeness (QED) is 0.799. The van der Waals surface area contributed by atoms with E-state index in [-0.39, 0.29) is 6.10 Å². The molecule has 0 amide bonds. The normalized spacial score (nSPS) is 17.5. The topological polar surface area (TPSA) is 57.7 Å². The second kappa shape index (κ2) is 6.64. The first-order valence-corrected chi connectivity index (χ1v) is 7.94. The highest BCUT2D eigenvalue weighted by molar-refractivity contribution is 7.18. The molecular formula is C15H14ClNO4S. The van der Waals surface area contributed by atoms with Gasteiger partial charge >= 0.3 is 5.97 Å². The Morgan fingerprint density at radius 3 is 2.95 bits per heavy atom. The summed E-state index contributed by atoms with van der Waals surface area (Å²) in [5, 5.41) is 0.725. The molecule has 5 nitrogen and oxygen atoms in total. The molecule has 116 valence electrons. The average Bonchev–Trinajstić information content (AvgIpc) is 3.17. The van der Waals surface area contributed by atoms with E-state index in [1.54, 1.807) is 18.3 Å². The monoisotopic (exact) mass is 339 g/mol. The van der Waals surface area contributed by atoms with Crippen LogP contribution in [0.4, 0.5) is 0 Å². The van der Waals surface area contributed by atoms with Crippen LogP contribution in [-0.4, -0.2) is 37.4 Å². The SMILES string of the molecule is COC(=O)c1cc(OC2CCOC2)cc(-c2ncc(Cl)s2)c1. The summed E-state index contributed by atoms with van der Waals surface area (Å²) in [6, 6.07) is 5.24. The molecule has 7 heteroatoms. The molecule has 0 spiro atoms. The van der Waals surface area contributed by atoms with Crippen LogP contribution in [0.25, 0.3) is 10.6 Å². The van der Waals surface area contributed by atoms with Crippen molar-refractivity contribution in [1.82, 2.24) is 4.98 Å². The number of nitrogens with zero attached hydrogens (tertiary/aromatic N) is 1. The van der Waals surface area contributed by atoms with Gasteiger partial charge in [0.15, 0.2) is 0 Å². The zero-order valence-electron chi connectivity index (χ0n) is 11.9. The zero-order valence-corrected chi connectivity index (χ0v) is 13.4. The molecule has 1 aromatic heterocycles. The van der Waals surface area contributed by atoms with Gasteiger partial charge in [-0.15, -0.1) is 11.3 Å². The molecule has 2 aromatic rings. The summed E-state index contributed by atoms with van der Waals surface area (Å²) in [4.78, 5) is 16.1. The molecule has 0 aliphatic carbocycles. The number of ether oxygens (including phenoxy) is 3. The van der Waals surface area contributed by atoms with E-state index in [4.69, 9.17) is 25.8 Å². The molecule has 1 aromatic carbocycles. The summed E-state index contributed by atoms with van der Waals surface area (Å²) < 4.78 is 16.6. The van der Waals surface area contributed by atoms with E-state index in [1.807, 2.05) is 6.07 Å². The molecule has 1 atom stereocenters. The van der Waals surface area contributed by atoms with Gasteiger partial charge in [-0.05, 0) is 18.2 Å². The fourth-order valence-corrected chi connectivity index (χ4v) is 3.11. The highest BCUT2D eigenvalue weighted by Gasteiger charge is 2.19. The standard InChI is InChI=1S/C15H14ClNO4S/c1-19-15(18)10-4-9(14-17-7-13(16)22-14)5-12(6-10)21-11-2-3-20-8-11/h4-7,11H,2-3,8H2,1H3. The van der Waals surface area contributed by atoms with Gasteiger partial charge in [-0.2, -0.15) is 0 Å². The van der Waals surface area contributed by atoms with Crippen molar-refractivity contribution >= 4 is 28.9 Å². The molecule has 1 unspecified atom stereocenters. The van der Waals surface area contributed by atoms with E-state index >= 15 is 0 Å². The highest BCUT2D eigenvalue weighted by Crippen LogP contribution is 2.32. The molecule has 1 saturated heterocycles. The number of rotatable bonds is 4. The molecule has 1 aliphatic heterocycles. The van der Waals surface area contributed by atoms with Gasteiger partial charge in [-0.1, -0.05) is 11.6 Å². The Balaban J connectivity index is 1.95. The minimum atomic E-state index is -0.419.